The van der Waals surface area contributed by atoms with Crippen molar-refractivity contribution in [3.63, 3.8) is 0 Å². The molecule has 8 heteroatoms. The Morgan fingerprint density at radius 1 is 1.21 bits per heavy atom. The molecule has 1 aromatic heterocycles. The number of fused-ring (bicyclic) bond motifs is 1. The molecule has 0 unspecified atom stereocenters. The Hall–Kier alpha value is -2.49. The third-order valence-electron chi connectivity index (χ3n) is 4.47. The standard InChI is InChI=1S/C21H25FN4O2.HI/c1-3-23-21(26-13-15-5-4-6-19(28-2)20(15)27)24-10-9-14-12-25-18-11-16(22)7-8-17(14)18;/h4-8,11-12,25,27H,3,9-10,13H2,1-2H3,(H2,23,24,26);1H. The van der Waals surface area contributed by atoms with Gasteiger partial charge in [0.25, 0.3) is 0 Å². The molecule has 0 amide bonds. The molecule has 3 aromatic rings. The number of rotatable bonds is 7. The lowest BCUT2D eigenvalue weighted by atomic mass is 10.1. The Morgan fingerprint density at radius 3 is 2.79 bits per heavy atom. The van der Waals surface area contributed by atoms with Crippen LogP contribution in [0, 0.1) is 5.82 Å². The predicted molar refractivity (Wildman–Crippen MR) is 125 cm³/mol. The number of nitrogens with one attached hydrogen (secondary N) is 3. The number of benzene rings is 2. The second-order valence-corrected chi connectivity index (χ2v) is 6.34. The monoisotopic (exact) mass is 512 g/mol. The molecule has 29 heavy (non-hydrogen) atoms. The van der Waals surface area contributed by atoms with Crippen LogP contribution in [0.2, 0.25) is 0 Å². The number of guanidine groups is 1. The summed E-state index contributed by atoms with van der Waals surface area (Å²) >= 11 is 0. The Labute approximate surface area is 186 Å². The van der Waals surface area contributed by atoms with Crippen molar-refractivity contribution in [1.82, 2.24) is 15.6 Å². The third kappa shape index (κ3) is 5.75. The van der Waals surface area contributed by atoms with Crippen molar-refractivity contribution in [2.45, 2.75) is 19.9 Å². The van der Waals surface area contributed by atoms with E-state index in [0.717, 1.165) is 29.4 Å². The van der Waals surface area contributed by atoms with Crippen LogP contribution >= 0.6 is 24.0 Å². The van der Waals surface area contributed by atoms with Crippen LogP contribution in [-0.2, 0) is 13.0 Å². The Balaban J connectivity index is 0.00000300. The van der Waals surface area contributed by atoms with Crippen molar-refractivity contribution in [2.24, 2.45) is 4.99 Å². The SMILES string of the molecule is CCNC(=NCc1cccc(OC)c1O)NCCc1c[nH]c2cc(F)ccc12.I. The number of ether oxygens (including phenoxy) is 1. The lowest BCUT2D eigenvalue weighted by molar-refractivity contribution is 0.370. The molecule has 0 aliphatic carbocycles. The van der Waals surface area contributed by atoms with Crippen LogP contribution < -0.4 is 15.4 Å². The maximum absolute atomic E-state index is 13.3. The van der Waals surface area contributed by atoms with E-state index in [0.29, 0.717) is 30.4 Å². The first-order valence-electron chi connectivity index (χ1n) is 9.25. The van der Waals surface area contributed by atoms with Crippen LogP contribution in [0.5, 0.6) is 11.5 Å². The van der Waals surface area contributed by atoms with Crippen LogP contribution in [0.1, 0.15) is 18.1 Å². The molecular formula is C21H26FIN4O2. The maximum atomic E-state index is 13.3. The number of phenols is 1. The van der Waals surface area contributed by atoms with E-state index in [1.807, 2.05) is 25.3 Å². The van der Waals surface area contributed by atoms with Crippen molar-refractivity contribution in [3.8, 4) is 11.5 Å². The van der Waals surface area contributed by atoms with Gasteiger partial charge in [-0.15, -0.1) is 24.0 Å². The number of nitrogens with zero attached hydrogens (tertiary/aromatic N) is 1. The van der Waals surface area contributed by atoms with Crippen molar-refractivity contribution in [3.05, 3.63) is 59.5 Å². The van der Waals surface area contributed by atoms with Gasteiger partial charge in [-0.2, -0.15) is 0 Å². The van der Waals surface area contributed by atoms with E-state index in [-0.39, 0.29) is 35.5 Å². The van der Waals surface area contributed by atoms with E-state index in [1.54, 1.807) is 12.1 Å². The number of hydrogen-bond donors (Lipinski definition) is 4. The van der Waals surface area contributed by atoms with Crippen molar-refractivity contribution < 1.29 is 14.2 Å². The summed E-state index contributed by atoms with van der Waals surface area (Å²) in [6.45, 7) is 3.71. The number of aromatic nitrogens is 1. The van der Waals surface area contributed by atoms with Gasteiger partial charge in [-0.3, -0.25) is 0 Å². The molecule has 2 aromatic carbocycles. The molecule has 4 N–H and O–H groups in total. The molecule has 6 nitrogen and oxygen atoms in total. The van der Waals surface area contributed by atoms with Gasteiger partial charge in [0, 0.05) is 35.8 Å². The molecule has 0 radical (unpaired) electrons. The summed E-state index contributed by atoms with van der Waals surface area (Å²) in [6.07, 6.45) is 2.67. The van der Waals surface area contributed by atoms with Crippen molar-refractivity contribution >= 4 is 40.8 Å². The van der Waals surface area contributed by atoms with E-state index in [1.165, 1.54) is 19.2 Å². The topological polar surface area (TPSA) is 81.7 Å². The summed E-state index contributed by atoms with van der Waals surface area (Å²) in [5.41, 5.74) is 2.60. The molecule has 0 saturated carbocycles. The van der Waals surface area contributed by atoms with Crippen LogP contribution in [-0.4, -0.2) is 36.2 Å². The minimum Gasteiger partial charge on any atom is -0.504 e. The fourth-order valence-electron chi connectivity index (χ4n) is 3.05. The number of para-hydroxylation sites is 1. The molecule has 0 aliphatic rings. The number of aromatic amines is 1. The van der Waals surface area contributed by atoms with Crippen LogP contribution in [0.15, 0.2) is 47.6 Å². The second-order valence-electron chi connectivity index (χ2n) is 6.34. The summed E-state index contributed by atoms with van der Waals surface area (Å²) in [7, 11) is 1.52. The summed E-state index contributed by atoms with van der Waals surface area (Å²) in [5, 5.41) is 17.7. The van der Waals surface area contributed by atoms with Gasteiger partial charge in [-0.1, -0.05) is 12.1 Å². The first kappa shape index (κ1) is 22.8. The molecule has 0 spiro atoms. The maximum Gasteiger partial charge on any atom is 0.191 e. The van der Waals surface area contributed by atoms with Crippen LogP contribution in [0.4, 0.5) is 4.39 Å². The average molecular weight is 512 g/mol. The molecule has 3 rings (SSSR count). The fourth-order valence-corrected chi connectivity index (χ4v) is 3.05. The lowest BCUT2D eigenvalue weighted by Gasteiger charge is -2.12. The molecule has 0 bridgehead atoms. The number of phenolic OH excluding ortho intramolecular Hbond substituents is 1. The zero-order valence-electron chi connectivity index (χ0n) is 16.5. The normalized spacial score (nSPS) is 11.2. The number of H-pyrrole nitrogens is 1. The number of hydrogen-bond acceptors (Lipinski definition) is 3. The van der Waals surface area contributed by atoms with Crippen molar-refractivity contribution in [1.29, 1.82) is 0 Å². The first-order valence-corrected chi connectivity index (χ1v) is 9.25. The Morgan fingerprint density at radius 2 is 2.03 bits per heavy atom. The largest absolute Gasteiger partial charge is 0.504 e. The molecule has 156 valence electrons. The molecular weight excluding hydrogens is 486 g/mol. The zero-order valence-corrected chi connectivity index (χ0v) is 18.8. The highest BCUT2D eigenvalue weighted by Gasteiger charge is 2.08. The smallest absolute Gasteiger partial charge is 0.191 e. The molecule has 0 fully saturated rings. The van der Waals surface area contributed by atoms with E-state index < -0.39 is 0 Å². The highest BCUT2D eigenvalue weighted by atomic mass is 127. The first-order chi connectivity index (χ1) is 13.6. The van der Waals surface area contributed by atoms with Crippen LogP contribution in [0.3, 0.4) is 0 Å². The Kier molecular flexibility index (Phi) is 8.56. The summed E-state index contributed by atoms with van der Waals surface area (Å²) in [4.78, 5) is 7.64. The van der Waals surface area contributed by atoms with Gasteiger partial charge < -0.3 is 25.5 Å². The lowest BCUT2D eigenvalue weighted by Crippen LogP contribution is -2.38. The zero-order chi connectivity index (χ0) is 19.9. The summed E-state index contributed by atoms with van der Waals surface area (Å²) < 4.78 is 18.4. The summed E-state index contributed by atoms with van der Waals surface area (Å²) in [5.74, 6) is 0.953. The van der Waals surface area contributed by atoms with Crippen LogP contribution in [0.25, 0.3) is 10.9 Å². The quantitative estimate of drug-likeness (QED) is 0.220. The minimum absolute atomic E-state index is 0. The molecule has 0 aliphatic heterocycles. The number of methoxy groups -OCH3 is 1. The van der Waals surface area contributed by atoms with Gasteiger partial charge in [0.15, 0.2) is 17.5 Å². The fraction of sp³-hybridized carbons (Fsp3) is 0.286. The van der Waals surface area contributed by atoms with E-state index >= 15 is 0 Å². The van der Waals surface area contributed by atoms with Gasteiger partial charge in [0.05, 0.1) is 13.7 Å². The predicted octanol–water partition coefficient (Wildman–Crippen LogP) is 3.94. The van der Waals surface area contributed by atoms with Crippen molar-refractivity contribution in [2.75, 3.05) is 20.2 Å². The molecule has 1 heterocycles. The number of aliphatic imine (C=N–C) groups is 1. The molecule has 0 saturated heterocycles. The van der Waals surface area contributed by atoms with Gasteiger partial charge in [-0.25, -0.2) is 9.38 Å². The summed E-state index contributed by atoms with van der Waals surface area (Å²) in [6, 6.07) is 10.1. The highest BCUT2D eigenvalue weighted by Crippen LogP contribution is 2.29. The van der Waals surface area contributed by atoms with E-state index in [4.69, 9.17) is 4.74 Å². The van der Waals surface area contributed by atoms with E-state index in [2.05, 4.69) is 20.6 Å². The molecule has 0 atom stereocenters. The number of aromatic hydroxyl groups is 1. The minimum atomic E-state index is -0.249. The van der Waals surface area contributed by atoms with E-state index in [9.17, 15) is 9.50 Å². The van der Waals surface area contributed by atoms with Gasteiger partial charge in [0.2, 0.25) is 0 Å². The van der Waals surface area contributed by atoms with Gasteiger partial charge in [-0.05, 0) is 43.2 Å². The second kappa shape index (κ2) is 10.9. The Bertz CT molecular complexity index is 974. The number of halogens is 2. The third-order valence-corrected chi connectivity index (χ3v) is 4.47. The average Bonchev–Trinajstić information content (AvgIpc) is 3.09. The van der Waals surface area contributed by atoms with Gasteiger partial charge in [0.1, 0.15) is 5.82 Å². The van der Waals surface area contributed by atoms with Gasteiger partial charge >= 0.3 is 0 Å². The highest BCUT2D eigenvalue weighted by molar-refractivity contribution is 14.0.